The van der Waals surface area contributed by atoms with E-state index in [2.05, 4.69) is 0 Å². The third-order valence-corrected chi connectivity index (χ3v) is 4.06. The van der Waals surface area contributed by atoms with Crippen LogP contribution in [0.4, 0.5) is 5.69 Å². The minimum atomic E-state index is -3.56. The third kappa shape index (κ3) is 4.90. The van der Waals surface area contributed by atoms with Gasteiger partial charge in [-0.25, -0.2) is 13.6 Å². The summed E-state index contributed by atoms with van der Waals surface area (Å²) >= 11 is 6.74. The Morgan fingerprint density at radius 2 is 2.12 bits per heavy atom. The molecule has 6 nitrogen and oxygen atoms in total. The van der Waals surface area contributed by atoms with Gasteiger partial charge in [0.2, 0.25) is 10.0 Å². The first-order valence-corrected chi connectivity index (χ1v) is 7.45. The van der Waals surface area contributed by atoms with E-state index in [9.17, 15) is 18.5 Å². The van der Waals surface area contributed by atoms with Crippen molar-refractivity contribution in [3.8, 4) is 0 Å². The number of hydrogen-bond acceptors (Lipinski definition) is 5. The molecule has 17 heavy (non-hydrogen) atoms. The summed E-state index contributed by atoms with van der Waals surface area (Å²) in [6, 6.07) is 4.11. The zero-order valence-electron chi connectivity index (χ0n) is 8.50. The molecule has 1 aromatic rings. The molecule has 0 atom stereocenters. The van der Waals surface area contributed by atoms with Crippen molar-refractivity contribution < 1.29 is 13.3 Å². The first-order valence-electron chi connectivity index (χ1n) is 4.37. The molecule has 0 aliphatic rings. The second-order valence-corrected chi connectivity index (χ2v) is 6.39. The number of nitro groups is 1. The van der Waals surface area contributed by atoms with Gasteiger partial charge in [0, 0.05) is 16.8 Å². The van der Waals surface area contributed by atoms with Crippen LogP contribution in [0.3, 0.4) is 0 Å². The predicted octanol–water partition coefficient (Wildman–Crippen LogP) is 1.63. The van der Waals surface area contributed by atoms with Gasteiger partial charge in [-0.05, 0) is 12.1 Å². The monoisotopic (exact) mass is 296 g/mol. The molecule has 9 heteroatoms. The highest BCUT2D eigenvalue weighted by Crippen LogP contribution is 2.31. The van der Waals surface area contributed by atoms with Crippen LogP contribution in [0.1, 0.15) is 0 Å². The second-order valence-electron chi connectivity index (χ2n) is 3.08. The lowest BCUT2D eigenvalue weighted by Crippen LogP contribution is -2.17. The van der Waals surface area contributed by atoms with E-state index in [4.69, 9.17) is 16.7 Å². The Balaban J connectivity index is 2.82. The molecule has 0 bridgehead atoms. The normalized spacial score (nSPS) is 11.4. The number of halogens is 1. The van der Waals surface area contributed by atoms with Crippen LogP contribution in [0.5, 0.6) is 0 Å². The lowest BCUT2D eigenvalue weighted by atomic mass is 10.3. The van der Waals surface area contributed by atoms with Crippen LogP contribution in [0.2, 0.25) is 5.02 Å². The maximum absolute atomic E-state index is 10.7. The Kier molecular flexibility index (Phi) is 4.75. The predicted molar refractivity (Wildman–Crippen MR) is 66.8 cm³/mol. The summed E-state index contributed by atoms with van der Waals surface area (Å²) in [6.45, 7) is 0. The van der Waals surface area contributed by atoms with Gasteiger partial charge < -0.3 is 0 Å². The largest absolute Gasteiger partial charge is 0.282 e. The molecule has 0 fully saturated rings. The number of primary sulfonamides is 1. The van der Waals surface area contributed by atoms with Crippen LogP contribution in [0.25, 0.3) is 0 Å². The Morgan fingerprint density at radius 1 is 1.47 bits per heavy atom. The second kappa shape index (κ2) is 5.67. The number of thioether (sulfide) groups is 1. The van der Waals surface area contributed by atoms with Gasteiger partial charge in [-0.15, -0.1) is 11.8 Å². The van der Waals surface area contributed by atoms with Crippen LogP contribution < -0.4 is 5.14 Å². The van der Waals surface area contributed by atoms with E-state index in [0.717, 1.165) is 11.8 Å². The Labute approximate surface area is 107 Å². The van der Waals surface area contributed by atoms with Crippen LogP contribution in [-0.4, -0.2) is 24.8 Å². The number of rotatable bonds is 5. The third-order valence-electron chi connectivity index (χ3n) is 1.74. The van der Waals surface area contributed by atoms with Crippen molar-refractivity contribution in [3.63, 3.8) is 0 Å². The topological polar surface area (TPSA) is 103 Å². The minimum absolute atomic E-state index is 0.103. The summed E-state index contributed by atoms with van der Waals surface area (Å²) in [4.78, 5) is 10.5. The van der Waals surface area contributed by atoms with Gasteiger partial charge in [-0.2, -0.15) is 0 Å². The highest BCUT2D eigenvalue weighted by Gasteiger charge is 2.15. The van der Waals surface area contributed by atoms with Gasteiger partial charge in [0.25, 0.3) is 5.69 Å². The molecule has 94 valence electrons. The van der Waals surface area contributed by atoms with E-state index >= 15 is 0 Å². The van der Waals surface area contributed by atoms with E-state index in [1.54, 1.807) is 0 Å². The van der Waals surface area contributed by atoms with Crippen molar-refractivity contribution in [1.82, 2.24) is 0 Å². The zero-order valence-corrected chi connectivity index (χ0v) is 10.9. The van der Waals surface area contributed by atoms with Gasteiger partial charge in [-0.3, -0.25) is 10.1 Å². The zero-order chi connectivity index (χ0) is 13.1. The molecule has 1 aromatic carbocycles. The van der Waals surface area contributed by atoms with Gasteiger partial charge >= 0.3 is 0 Å². The van der Waals surface area contributed by atoms with E-state index in [0.29, 0.717) is 9.92 Å². The standard InChI is InChI=1S/C8H9ClN2O4S2/c9-6-1-2-7(11(12)13)8(5-6)16-3-4-17(10,14)15/h1-2,5H,3-4H2,(H2,10,14,15). The molecular formula is C8H9ClN2O4S2. The Morgan fingerprint density at radius 3 is 2.65 bits per heavy atom. The molecule has 0 unspecified atom stereocenters. The summed E-state index contributed by atoms with van der Waals surface area (Å²) in [6.07, 6.45) is 0. The fourth-order valence-corrected chi connectivity index (χ4v) is 3.24. The molecule has 0 saturated carbocycles. The molecule has 0 heterocycles. The molecule has 2 N–H and O–H groups in total. The Bertz CT molecular complexity index is 532. The molecule has 0 aliphatic heterocycles. The molecule has 0 saturated heterocycles. The van der Waals surface area contributed by atoms with Crippen LogP contribution >= 0.6 is 23.4 Å². The van der Waals surface area contributed by atoms with Crippen molar-refractivity contribution in [3.05, 3.63) is 33.3 Å². The quantitative estimate of drug-likeness (QED) is 0.505. The molecule has 0 aliphatic carbocycles. The molecule has 0 amide bonds. The van der Waals surface area contributed by atoms with Gasteiger partial charge in [0.15, 0.2) is 0 Å². The number of nitrogens with zero attached hydrogens (tertiary/aromatic N) is 1. The maximum Gasteiger partial charge on any atom is 0.282 e. The fourth-order valence-electron chi connectivity index (χ4n) is 1.02. The van der Waals surface area contributed by atoms with Gasteiger partial charge in [-0.1, -0.05) is 11.6 Å². The Hall–Kier alpha value is -0.830. The van der Waals surface area contributed by atoms with E-state index in [1.165, 1.54) is 18.2 Å². The van der Waals surface area contributed by atoms with E-state index in [1.807, 2.05) is 0 Å². The number of hydrogen-bond donors (Lipinski definition) is 1. The maximum atomic E-state index is 10.7. The highest BCUT2D eigenvalue weighted by atomic mass is 35.5. The summed E-state index contributed by atoms with van der Waals surface area (Å²) in [7, 11) is -3.56. The van der Waals surface area contributed by atoms with Gasteiger partial charge in [0.1, 0.15) is 0 Å². The smallest absolute Gasteiger partial charge is 0.258 e. The first kappa shape index (κ1) is 14.2. The minimum Gasteiger partial charge on any atom is -0.258 e. The van der Waals surface area contributed by atoms with Crippen LogP contribution in [-0.2, 0) is 10.0 Å². The van der Waals surface area contributed by atoms with Crippen molar-refractivity contribution in [2.24, 2.45) is 5.14 Å². The number of benzene rings is 1. The highest BCUT2D eigenvalue weighted by molar-refractivity contribution is 8.00. The van der Waals surface area contributed by atoms with Crippen molar-refractivity contribution in [2.75, 3.05) is 11.5 Å². The molecule has 0 spiro atoms. The van der Waals surface area contributed by atoms with E-state index < -0.39 is 14.9 Å². The van der Waals surface area contributed by atoms with Crippen molar-refractivity contribution in [1.29, 1.82) is 0 Å². The summed E-state index contributed by atoms with van der Waals surface area (Å²) in [5.41, 5.74) is -0.103. The lowest BCUT2D eigenvalue weighted by Gasteiger charge is -2.02. The van der Waals surface area contributed by atoms with Crippen molar-refractivity contribution in [2.45, 2.75) is 4.90 Å². The molecule has 1 rings (SSSR count). The first-order chi connectivity index (χ1) is 7.79. The SMILES string of the molecule is NS(=O)(=O)CCSc1cc(Cl)ccc1[N+](=O)[O-]. The van der Waals surface area contributed by atoms with Crippen LogP contribution in [0, 0.1) is 10.1 Å². The summed E-state index contributed by atoms with van der Waals surface area (Å²) < 4.78 is 21.4. The molecular weight excluding hydrogens is 288 g/mol. The molecule has 0 aromatic heterocycles. The lowest BCUT2D eigenvalue weighted by molar-refractivity contribution is -0.387. The fraction of sp³-hybridized carbons (Fsp3) is 0.250. The average Bonchev–Trinajstić information content (AvgIpc) is 2.15. The number of nitrogens with two attached hydrogens (primary N) is 1. The summed E-state index contributed by atoms with van der Waals surface area (Å²) in [5, 5.41) is 15.9. The van der Waals surface area contributed by atoms with Crippen LogP contribution in [0.15, 0.2) is 23.1 Å². The van der Waals surface area contributed by atoms with Gasteiger partial charge in [0.05, 0.1) is 15.6 Å². The average molecular weight is 297 g/mol. The molecule has 0 radical (unpaired) electrons. The number of nitro benzene ring substituents is 1. The van der Waals surface area contributed by atoms with Crippen molar-refractivity contribution >= 4 is 39.1 Å². The summed E-state index contributed by atoms with van der Waals surface area (Å²) in [5.74, 6) is -0.110. The number of sulfonamides is 1. The van der Waals surface area contributed by atoms with E-state index in [-0.39, 0.29) is 17.2 Å².